The Morgan fingerprint density at radius 1 is 1.32 bits per heavy atom. The van der Waals surface area contributed by atoms with Crippen LogP contribution in [0, 0.1) is 6.92 Å². The lowest BCUT2D eigenvalue weighted by Gasteiger charge is -2.11. The molecule has 0 heterocycles. The summed E-state index contributed by atoms with van der Waals surface area (Å²) in [7, 11) is 0. The molecule has 3 nitrogen and oxygen atoms in total. The minimum atomic E-state index is -0.237. The molecule has 0 aromatic heterocycles. The summed E-state index contributed by atoms with van der Waals surface area (Å²) in [6.07, 6.45) is 0. The molecule has 0 atom stereocenters. The summed E-state index contributed by atoms with van der Waals surface area (Å²) < 4.78 is 0.764. The maximum Gasteiger partial charge on any atom is 0.256 e. The molecule has 0 bridgehead atoms. The highest BCUT2D eigenvalue weighted by Gasteiger charge is 2.13. The summed E-state index contributed by atoms with van der Waals surface area (Å²) in [6.45, 7) is 1.81. The molecule has 98 valence electrons. The first kappa shape index (κ1) is 13.9. The third-order valence-corrected chi connectivity index (χ3v) is 3.57. The van der Waals surface area contributed by atoms with E-state index in [2.05, 4.69) is 21.2 Å². The van der Waals surface area contributed by atoms with Crippen LogP contribution in [0.1, 0.15) is 15.9 Å². The van der Waals surface area contributed by atoms with E-state index in [9.17, 15) is 4.79 Å². The predicted molar refractivity (Wildman–Crippen MR) is 82.7 cm³/mol. The van der Waals surface area contributed by atoms with Crippen LogP contribution in [0.15, 0.2) is 40.9 Å². The number of anilines is 2. The first-order chi connectivity index (χ1) is 8.99. The first-order valence-corrected chi connectivity index (χ1v) is 6.77. The molecule has 1 amide bonds. The molecule has 2 rings (SSSR count). The van der Waals surface area contributed by atoms with Gasteiger partial charge < -0.3 is 11.1 Å². The molecular weight excluding hydrogens is 328 g/mol. The van der Waals surface area contributed by atoms with Gasteiger partial charge in [0.05, 0.1) is 10.7 Å². The summed E-state index contributed by atoms with van der Waals surface area (Å²) in [5.41, 5.74) is 8.25. The molecule has 2 aromatic carbocycles. The number of para-hydroxylation sites is 1. The highest BCUT2D eigenvalue weighted by Crippen LogP contribution is 2.25. The first-order valence-electron chi connectivity index (χ1n) is 5.60. The number of hydrogen-bond donors (Lipinski definition) is 2. The Hall–Kier alpha value is -1.52. The number of carbonyl (C=O) groups is 1. The van der Waals surface area contributed by atoms with E-state index in [1.165, 1.54) is 0 Å². The van der Waals surface area contributed by atoms with Gasteiger partial charge in [-0.15, -0.1) is 0 Å². The van der Waals surface area contributed by atoms with Gasteiger partial charge in [0.15, 0.2) is 0 Å². The zero-order chi connectivity index (χ0) is 14.0. The van der Waals surface area contributed by atoms with E-state index in [-0.39, 0.29) is 5.91 Å². The number of rotatable bonds is 2. The second-order valence-electron chi connectivity index (χ2n) is 4.10. The average molecular weight is 340 g/mol. The topological polar surface area (TPSA) is 55.1 Å². The summed E-state index contributed by atoms with van der Waals surface area (Å²) in [5, 5.41) is 3.27. The van der Waals surface area contributed by atoms with Crippen molar-refractivity contribution in [1.29, 1.82) is 0 Å². The van der Waals surface area contributed by atoms with Gasteiger partial charge in [-0.05, 0) is 36.8 Å². The van der Waals surface area contributed by atoms with Gasteiger partial charge in [-0.2, -0.15) is 0 Å². The zero-order valence-electron chi connectivity index (χ0n) is 10.2. The van der Waals surface area contributed by atoms with E-state index in [4.69, 9.17) is 17.3 Å². The monoisotopic (exact) mass is 338 g/mol. The standard InChI is InChI=1S/C14H12BrClN2O/c1-8-10(6-9(15)7-12(8)17)14(19)18-13-5-3-2-4-11(13)16/h2-7H,17H2,1H3,(H,18,19). The zero-order valence-corrected chi connectivity index (χ0v) is 12.5. The lowest BCUT2D eigenvalue weighted by Crippen LogP contribution is -2.14. The Morgan fingerprint density at radius 3 is 2.68 bits per heavy atom. The van der Waals surface area contributed by atoms with Gasteiger partial charge in [-0.1, -0.05) is 39.7 Å². The van der Waals surface area contributed by atoms with Crippen LogP contribution in [0.2, 0.25) is 5.02 Å². The Kier molecular flexibility index (Phi) is 4.12. The Balaban J connectivity index is 2.33. The third kappa shape index (κ3) is 3.08. The molecular formula is C14H12BrClN2O. The van der Waals surface area contributed by atoms with Gasteiger partial charge in [0, 0.05) is 15.7 Å². The number of halogens is 2. The van der Waals surface area contributed by atoms with Crippen LogP contribution < -0.4 is 11.1 Å². The van der Waals surface area contributed by atoms with Crippen molar-refractivity contribution >= 4 is 44.8 Å². The maximum absolute atomic E-state index is 12.2. The van der Waals surface area contributed by atoms with Gasteiger partial charge in [0.2, 0.25) is 0 Å². The molecule has 0 spiro atoms. The molecule has 0 aliphatic heterocycles. The largest absolute Gasteiger partial charge is 0.398 e. The Morgan fingerprint density at radius 2 is 2.00 bits per heavy atom. The number of amides is 1. The van der Waals surface area contributed by atoms with Crippen LogP contribution in [0.3, 0.4) is 0 Å². The van der Waals surface area contributed by atoms with Crippen molar-refractivity contribution in [3.8, 4) is 0 Å². The lowest BCUT2D eigenvalue weighted by molar-refractivity contribution is 0.102. The number of benzene rings is 2. The highest BCUT2D eigenvalue weighted by molar-refractivity contribution is 9.10. The van der Waals surface area contributed by atoms with E-state index < -0.39 is 0 Å². The average Bonchev–Trinajstić information content (AvgIpc) is 2.36. The number of nitrogen functional groups attached to an aromatic ring is 1. The molecule has 0 fully saturated rings. The van der Waals surface area contributed by atoms with E-state index in [1.807, 2.05) is 13.0 Å². The maximum atomic E-state index is 12.2. The van der Waals surface area contributed by atoms with Crippen LogP contribution in [0.4, 0.5) is 11.4 Å². The number of hydrogen-bond acceptors (Lipinski definition) is 2. The second kappa shape index (κ2) is 5.63. The minimum absolute atomic E-state index is 0.237. The van der Waals surface area contributed by atoms with Crippen LogP contribution in [-0.2, 0) is 0 Å². The SMILES string of the molecule is Cc1c(N)cc(Br)cc1C(=O)Nc1ccccc1Cl. The van der Waals surface area contributed by atoms with Crippen molar-refractivity contribution in [3.63, 3.8) is 0 Å². The molecule has 0 saturated carbocycles. The van der Waals surface area contributed by atoms with Crippen molar-refractivity contribution in [2.24, 2.45) is 0 Å². The van der Waals surface area contributed by atoms with E-state index in [1.54, 1.807) is 30.3 Å². The fourth-order valence-electron chi connectivity index (χ4n) is 1.69. The molecule has 0 aliphatic carbocycles. The van der Waals surface area contributed by atoms with E-state index >= 15 is 0 Å². The van der Waals surface area contributed by atoms with E-state index in [0.717, 1.165) is 10.0 Å². The highest BCUT2D eigenvalue weighted by atomic mass is 79.9. The molecule has 19 heavy (non-hydrogen) atoms. The molecule has 2 aromatic rings. The molecule has 0 unspecified atom stereocenters. The van der Waals surface area contributed by atoms with Crippen LogP contribution in [-0.4, -0.2) is 5.91 Å². The normalized spacial score (nSPS) is 10.3. The molecule has 3 N–H and O–H groups in total. The second-order valence-corrected chi connectivity index (χ2v) is 5.42. The van der Waals surface area contributed by atoms with Gasteiger partial charge >= 0.3 is 0 Å². The molecule has 0 saturated heterocycles. The molecule has 0 aliphatic rings. The summed E-state index contributed by atoms with van der Waals surface area (Å²) in [4.78, 5) is 12.2. The fraction of sp³-hybridized carbons (Fsp3) is 0.0714. The van der Waals surface area contributed by atoms with Gasteiger partial charge in [0.1, 0.15) is 0 Å². The number of nitrogens with one attached hydrogen (secondary N) is 1. The van der Waals surface area contributed by atoms with Crippen molar-refractivity contribution in [2.45, 2.75) is 6.92 Å². The van der Waals surface area contributed by atoms with Crippen LogP contribution in [0.25, 0.3) is 0 Å². The minimum Gasteiger partial charge on any atom is -0.398 e. The van der Waals surface area contributed by atoms with Crippen molar-refractivity contribution < 1.29 is 4.79 Å². The van der Waals surface area contributed by atoms with Gasteiger partial charge in [-0.25, -0.2) is 0 Å². The smallest absolute Gasteiger partial charge is 0.256 e. The predicted octanol–water partition coefficient (Wildman–Crippen LogP) is 4.25. The van der Waals surface area contributed by atoms with Crippen molar-refractivity contribution in [1.82, 2.24) is 0 Å². The van der Waals surface area contributed by atoms with Crippen molar-refractivity contribution in [2.75, 3.05) is 11.1 Å². The van der Waals surface area contributed by atoms with Crippen LogP contribution in [0.5, 0.6) is 0 Å². The van der Waals surface area contributed by atoms with Crippen molar-refractivity contribution in [3.05, 3.63) is 57.0 Å². The number of carbonyl (C=O) groups excluding carboxylic acids is 1. The van der Waals surface area contributed by atoms with Crippen LogP contribution >= 0.6 is 27.5 Å². The summed E-state index contributed by atoms with van der Waals surface area (Å²) in [5.74, 6) is -0.237. The van der Waals surface area contributed by atoms with Gasteiger partial charge in [0.25, 0.3) is 5.91 Å². The van der Waals surface area contributed by atoms with Gasteiger partial charge in [-0.3, -0.25) is 4.79 Å². The lowest BCUT2D eigenvalue weighted by atomic mass is 10.1. The molecule has 0 radical (unpaired) electrons. The molecule has 5 heteroatoms. The Labute approximate surface area is 124 Å². The quantitative estimate of drug-likeness (QED) is 0.804. The Bertz CT molecular complexity index is 643. The van der Waals surface area contributed by atoms with E-state index in [0.29, 0.717) is 22.0 Å². The fourth-order valence-corrected chi connectivity index (χ4v) is 2.35. The summed E-state index contributed by atoms with van der Waals surface area (Å²) >= 11 is 9.34. The summed E-state index contributed by atoms with van der Waals surface area (Å²) in [6, 6.07) is 10.6. The number of nitrogens with two attached hydrogens (primary N) is 1. The third-order valence-electron chi connectivity index (χ3n) is 2.78.